The summed E-state index contributed by atoms with van der Waals surface area (Å²) < 4.78 is 31.1. The van der Waals surface area contributed by atoms with Crippen LogP contribution in [0.3, 0.4) is 0 Å². The first kappa shape index (κ1) is 13.7. The van der Waals surface area contributed by atoms with Crippen LogP contribution in [0, 0.1) is 6.92 Å². The van der Waals surface area contributed by atoms with Gasteiger partial charge in [-0.2, -0.15) is 8.42 Å². The lowest BCUT2D eigenvalue weighted by Crippen LogP contribution is -2.02. The fraction of sp³-hybridized carbons (Fsp3) is 0.0909. The van der Waals surface area contributed by atoms with E-state index in [2.05, 4.69) is 15.3 Å². The van der Waals surface area contributed by atoms with Crippen LogP contribution in [0.5, 0.6) is 0 Å². The van der Waals surface area contributed by atoms with Crippen LogP contribution in [0.2, 0.25) is 5.15 Å². The number of aromatic nitrogens is 2. The highest BCUT2D eigenvalue weighted by atomic mass is 35.5. The topological polar surface area (TPSA) is 92.2 Å². The Morgan fingerprint density at radius 3 is 2.58 bits per heavy atom. The van der Waals surface area contributed by atoms with Gasteiger partial charge in [0, 0.05) is 11.8 Å². The van der Waals surface area contributed by atoms with Crippen LogP contribution < -0.4 is 5.32 Å². The maximum atomic E-state index is 11.1. The molecule has 0 bridgehead atoms. The first-order valence-corrected chi connectivity index (χ1v) is 7.01. The van der Waals surface area contributed by atoms with Gasteiger partial charge in [-0.3, -0.25) is 4.55 Å². The van der Waals surface area contributed by atoms with Gasteiger partial charge in [0.15, 0.2) is 0 Å². The summed E-state index contributed by atoms with van der Waals surface area (Å²) >= 11 is 5.72. The van der Waals surface area contributed by atoms with Crippen molar-refractivity contribution < 1.29 is 13.0 Å². The summed E-state index contributed by atoms with van der Waals surface area (Å²) in [4.78, 5) is 7.58. The second kappa shape index (κ2) is 5.12. The second-order valence-corrected chi connectivity index (χ2v) is 5.58. The van der Waals surface area contributed by atoms with Crippen LogP contribution >= 0.6 is 11.6 Å². The SMILES string of the molecule is Cc1cc(Nc2cc(Cl)ncn2)ccc1S(=O)(=O)O. The summed E-state index contributed by atoms with van der Waals surface area (Å²) in [5.74, 6) is 0.485. The number of anilines is 2. The molecule has 0 saturated heterocycles. The van der Waals surface area contributed by atoms with Gasteiger partial charge in [0.05, 0.1) is 4.90 Å². The zero-order valence-corrected chi connectivity index (χ0v) is 11.4. The standard InChI is InChI=1S/C11H10ClN3O3S/c1-7-4-8(2-3-9(7)19(16,17)18)15-11-5-10(12)13-6-14-11/h2-6H,1H3,(H,13,14,15)(H,16,17,18). The van der Waals surface area contributed by atoms with E-state index in [0.29, 0.717) is 22.2 Å². The van der Waals surface area contributed by atoms with E-state index < -0.39 is 10.1 Å². The van der Waals surface area contributed by atoms with Gasteiger partial charge < -0.3 is 5.32 Å². The molecule has 0 atom stereocenters. The summed E-state index contributed by atoms with van der Waals surface area (Å²) in [7, 11) is -4.20. The Labute approximate surface area is 115 Å². The molecule has 0 aliphatic heterocycles. The zero-order chi connectivity index (χ0) is 14.0. The molecule has 2 rings (SSSR count). The summed E-state index contributed by atoms with van der Waals surface area (Å²) in [6.45, 7) is 1.58. The molecule has 0 aliphatic rings. The van der Waals surface area contributed by atoms with Crippen molar-refractivity contribution in [3.8, 4) is 0 Å². The van der Waals surface area contributed by atoms with Crippen molar-refractivity contribution in [2.24, 2.45) is 0 Å². The maximum absolute atomic E-state index is 11.1. The average molecular weight is 300 g/mol. The number of hydrogen-bond acceptors (Lipinski definition) is 5. The summed E-state index contributed by atoms with van der Waals surface area (Å²) in [6.07, 6.45) is 1.31. The molecule has 100 valence electrons. The minimum absolute atomic E-state index is 0.126. The lowest BCUT2D eigenvalue weighted by atomic mass is 10.2. The normalized spacial score (nSPS) is 11.3. The van der Waals surface area contributed by atoms with E-state index in [4.69, 9.17) is 16.2 Å². The average Bonchev–Trinajstić information content (AvgIpc) is 2.27. The van der Waals surface area contributed by atoms with Gasteiger partial charge in [0.25, 0.3) is 10.1 Å². The second-order valence-electron chi connectivity index (χ2n) is 3.81. The minimum atomic E-state index is -4.20. The number of nitrogens with one attached hydrogen (secondary N) is 1. The van der Waals surface area contributed by atoms with Crippen molar-refractivity contribution in [2.75, 3.05) is 5.32 Å². The molecule has 0 spiro atoms. The van der Waals surface area contributed by atoms with E-state index >= 15 is 0 Å². The molecule has 0 unspecified atom stereocenters. The van der Waals surface area contributed by atoms with Gasteiger partial charge in [-0.15, -0.1) is 0 Å². The van der Waals surface area contributed by atoms with Crippen molar-refractivity contribution in [3.05, 3.63) is 41.3 Å². The Hall–Kier alpha value is -1.70. The molecule has 0 fully saturated rings. The molecule has 0 aliphatic carbocycles. The van der Waals surface area contributed by atoms with Gasteiger partial charge in [-0.25, -0.2) is 9.97 Å². The Morgan fingerprint density at radius 2 is 2.00 bits per heavy atom. The molecule has 0 saturated carbocycles. The molecule has 0 amide bonds. The van der Waals surface area contributed by atoms with Crippen LogP contribution in [0.25, 0.3) is 0 Å². The van der Waals surface area contributed by atoms with Gasteiger partial charge in [0.1, 0.15) is 17.3 Å². The van der Waals surface area contributed by atoms with Crippen LogP contribution in [0.1, 0.15) is 5.56 Å². The third kappa shape index (κ3) is 3.40. The van der Waals surface area contributed by atoms with Crippen molar-refractivity contribution in [1.82, 2.24) is 9.97 Å². The minimum Gasteiger partial charge on any atom is -0.340 e. The Balaban J connectivity index is 2.31. The molecule has 1 aromatic heterocycles. The fourth-order valence-electron chi connectivity index (χ4n) is 1.57. The number of halogens is 1. The van der Waals surface area contributed by atoms with Crippen LogP contribution in [0.15, 0.2) is 35.5 Å². The van der Waals surface area contributed by atoms with E-state index in [9.17, 15) is 8.42 Å². The Bertz CT molecular complexity index is 719. The van der Waals surface area contributed by atoms with E-state index in [1.807, 2.05) is 0 Å². The third-order valence-electron chi connectivity index (χ3n) is 2.36. The smallest absolute Gasteiger partial charge is 0.294 e. The van der Waals surface area contributed by atoms with E-state index in [1.165, 1.54) is 24.5 Å². The summed E-state index contributed by atoms with van der Waals surface area (Å²) in [6, 6.07) is 5.95. The van der Waals surface area contributed by atoms with Crippen LogP contribution in [0.4, 0.5) is 11.5 Å². The predicted molar refractivity (Wildman–Crippen MR) is 71.3 cm³/mol. The van der Waals surface area contributed by atoms with E-state index in [1.54, 1.807) is 13.0 Å². The van der Waals surface area contributed by atoms with E-state index in [0.717, 1.165) is 0 Å². The monoisotopic (exact) mass is 299 g/mol. The molecule has 19 heavy (non-hydrogen) atoms. The number of aryl methyl sites for hydroxylation is 1. The van der Waals surface area contributed by atoms with Crippen molar-refractivity contribution >= 4 is 33.2 Å². The van der Waals surface area contributed by atoms with Crippen molar-refractivity contribution in [1.29, 1.82) is 0 Å². The van der Waals surface area contributed by atoms with Gasteiger partial charge >= 0.3 is 0 Å². The molecule has 1 heterocycles. The van der Waals surface area contributed by atoms with Gasteiger partial charge in [-0.05, 0) is 30.7 Å². The summed E-state index contributed by atoms with van der Waals surface area (Å²) in [5, 5.41) is 3.25. The maximum Gasteiger partial charge on any atom is 0.294 e. The third-order valence-corrected chi connectivity index (χ3v) is 3.58. The van der Waals surface area contributed by atoms with Crippen molar-refractivity contribution in [3.63, 3.8) is 0 Å². The number of benzene rings is 1. The molecule has 2 N–H and O–H groups in total. The van der Waals surface area contributed by atoms with Crippen LogP contribution in [-0.4, -0.2) is 22.9 Å². The lowest BCUT2D eigenvalue weighted by molar-refractivity contribution is 0.482. The molecular formula is C11H10ClN3O3S. The number of rotatable bonds is 3. The number of nitrogens with zero attached hydrogens (tertiary/aromatic N) is 2. The molecule has 8 heteroatoms. The molecular weight excluding hydrogens is 290 g/mol. The Kier molecular flexibility index (Phi) is 3.70. The lowest BCUT2D eigenvalue weighted by Gasteiger charge is -2.08. The molecule has 2 aromatic rings. The first-order chi connectivity index (χ1) is 8.86. The molecule has 1 aromatic carbocycles. The highest BCUT2D eigenvalue weighted by Gasteiger charge is 2.13. The molecule has 0 radical (unpaired) electrons. The van der Waals surface area contributed by atoms with Gasteiger partial charge in [-0.1, -0.05) is 11.6 Å². The fourth-order valence-corrected chi connectivity index (χ4v) is 2.42. The van der Waals surface area contributed by atoms with E-state index in [-0.39, 0.29) is 4.90 Å². The number of hydrogen-bond donors (Lipinski definition) is 2. The van der Waals surface area contributed by atoms with Crippen molar-refractivity contribution in [2.45, 2.75) is 11.8 Å². The first-order valence-electron chi connectivity index (χ1n) is 5.19. The predicted octanol–water partition coefficient (Wildman–Crippen LogP) is 2.43. The summed E-state index contributed by atoms with van der Waals surface area (Å²) in [5.41, 5.74) is 1.05. The highest BCUT2D eigenvalue weighted by Crippen LogP contribution is 2.22. The highest BCUT2D eigenvalue weighted by molar-refractivity contribution is 7.85. The van der Waals surface area contributed by atoms with Crippen LogP contribution in [-0.2, 0) is 10.1 Å². The Morgan fingerprint density at radius 1 is 1.26 bits per heavy atom. The largest absolute Gasteiger partial charge is 0.340 e. The van der Waals surface area contributed by atoms with Gasteiger partial charge in [0.2, 0.25) is 0 Å². The quantitative estimate of drug-likeness (QED) is 0.668. The molecule has 6 nitrogen and oxygen atoms in total. The zero-order valence-electron chi connectivity index (χ0n) is 9.83.